The van der Waals surface area contributed by atoms with E-state index in [1.54, 1.807) is 13.8 Å². The summed E-state index contributed by atoms with van der Waals surface area (Å²) in [5.41, 5.74) is -0.962. The van der Waals surface area contributed by atoms with Crippen molar-refractivity contribution in [1.82, 2.24) is 10.2 Å². The molecule has 0 saturated carbocycles. The summed E-state index contributed by atoms with van der Waals surface area (Å²) in [6, 6.07) is 0.109. The second kappa shape index (κ2) is 7.24. The highest BCUT2D eigenvalue weighted by Gasteiger charge is 2.26. The van der Waals surface area contributed by atoms with Gasteiger partial charge in [0.2, 0.25) is 5.91 Å². The normalized spacial score (nSPS) is 10.7. The van der Waals surface area contributed by atoms with Crippen molar-refractivity contribution in [1.29, 1.82) is 0 Å². The van der Waals surface area contributed by atoms with Crippen molar-refractivity contribution in [3.05, 3.63) is 34.9 Å². The van der Waals surface area contributed by atoms with Gasteiger partial charge in [0.1, 0.15) is 0 Å². The Labute approximate surface area is 125 Å². The van der Waals surface area contributed by atoms with Crippen molar-refractivity contribution < 1.29 is 27.2 Å². The maximum atomic E-state index is 13.6. The van der Waals surface area contributed by atoms with E-state index in [1.807, 2.05) is 0 Å². The molecular formula is C14H16F4N2O2. The molecule has 0 aliphatic carbocycles. The fourth-order valence-electron chi connectivity index (χ4n) is 1.77. The highest BCUT2D eigenvalue weighted by Crippen LogP contribution is 2.20. The van der Waals surface area contributed by atoms with Crippen molar-refractivity contribution in [3.8, 4) is 0 Å². The van der Waals surface area contributed by atoms with Crippen LogP contribution in [0.15, 0.2) is 6.07 Å². The lowest BCUT2D eigenvalue weighted by atomic mass is 10.1. The molecule has 0 aliphatic heterocycles. The molecule has 0 heterocycles. The predicted octanol–water partition coefficient (Wildman–Crippen LogP) is 2.23. The predicted molar refractivity (Wildman–Crippen MR) is 71.1 cm³/mol. The molecule has 0 radical (unpaired) electrons. The SMILES string of the molecule is CCN(CC(=O)NC(C)C)C(=O)c1cc(F)c(F)c(F)c1F. The van der Waals surface area contributed by atoms with E-state index in [2.05, 4.69) is 5.32 Å². The van der Waals surface area contributed by atoms with E-state index < -0.39 is 47.2 Å². The molecule has 1 rings (SSSR count). The average molecular weight is 320 g/mol. The molecule has 1 aromatic carbocycles. The molecule has 0 atom stereocenters. The third-order valence-corrected chi connectivity index (χ3v) is 2.79. The molecule has 22 heavy (non-hydrogen) atoms. The number of nitrogens with zero attached hydrogens (tertiary/aromatic N) is 1. The first kappa shape index (κ1) is 17.9. The van der Waals surface area contributed by atoms with Crippen molar-refractivity contribution in [3.63, 3.8) is 0 Å². The van der Waals surface area contributed by atoms with Crippen LogP contribution in [0, 0.1) is 23.3 Å². The van der Waals surface area contributed by atoms with Gasteiger partial charge in [0.25, 0.3) is 5.91 Å². The van der Waals surface area contributed by atoms with Crippen molar-refractivity contribution in [2.24, 2.45) is 0 Å². The van der Waals surface area contributed by atoms with E-state index in [1.165, 1.54) is 6.92 Å². The summed E-state index contributed by atoms with van der Waals surface area (Å²) < 4.78 is 52.8. The fourth-order valence-corrected chi connectivity index (χ4v) is 1.77. The van der Waals surface area contributed by atoms with Crippen LogP contribution < -0.4 is 5.32 Å². The molecule has 0 spiro atoms. The lowest BCUT2D eigenvalue weighted by Crippen LogP contribution is -2.43. The average Bonchev–Trinajstić information content (AvgIpc) is 2.44. The van der Waals surface area contributed by atoms with Crippen molar-refractivity contribution >= 4 is 11.8 Å². The third-order valence-electron chi connectivity index (χ3n) is 2.79. The van der Waals surface area contributed by atoms with Gasteiger partial charge in [-0.1, -0.05) is 0 Å². The van der Waals surface area contributed by atoms with Crippen LogP contribution in [-0.4, -0.2) is 35.8 Å². The van der Waals surface area contributed by atoms with Crippen LogP contribution in [0.2, 0.25) is 0 Å². The zero-order valence-electron chi connectivity index (χ0n) is 12.3. The second-order valence-corrected chi connectivity index (χ2v) is 4.89. The molecule has 0 aromatic heterocycles. The van der Waals surface area contributed by atoms with E-state index in [0.717, 1.165) is 4.90 Å². The number of nitrogens with one attached hydrogen (secondary N) is 1. The van der Waals surface area contributed by atoms with Crippen LogP contribution in [-0.2, 0) is 4.79 Å². The number of rotatable bonds is 5. The summed E-state index contributed by atoms with van der Waals surface area (Å²) in [4.78, 5) is 24.6. The first-order valence-corrected chi connectivity index (χ1v) is 6.60. The molecule has 0 bridgehead atoms. The first-order valence-electron chi connectivity index (χ1n) is 6.60. The molecular weight excluding hydrogens is 304 g/mol. The van der Waals surface area contributed by atoms with E-state index >= 15 is 0 Å². The molecule has 2 amide bonds. The molecule has 0 fully saturated rings. The zero-order chi connectivity index (χ0) is 17.0. The standard InChI is InChI=1S/C14H16F4N2O2/c1-4-20(6-10(21)19-7(2)3)14(22)8-5-9(15)12(17)13(18)11(8)16/h5,7H,4,6H2,1-3H3,(H,19,21). The summed E-state index contributed by atoms with van der Waals surface area (Å²) in [5.74, 6) is -9.12. The number of hydrogen-bond acceptors (Lipinski definition) is 2. The van der Waals surface area contributed by atoms with Crippen LogP contribution in [0.25, 0.3) is 0 Å². The quantitative estimate of drug-likeness (QED) is 0.514. The number of amides is 2. The Kier molecular flexibility index (Phi) is 5.90. The number of carbonyl (C=O) groups is 2. The molecule has 8 heteroatoms. The summed E-state index contributed by atoms with van der Waals surface area (Å²) in [7, 11) is 0. The molecule has 122 valence electrons. The van der Waals surface area contributed by atoms with Gasteiger partial charge in [-0.2, -0.15) is 0 Å². The Hall–Kier alpha value is -2.12. The number of likely N-dealkylation sites (N-methyl/N-ethyl adjacent to an activating group) is 1. The minimum atomic E-state index is -2.06. The van der Waals surface area contributed by atoms with E-state index in [-0.39, 0.29) is 18.7 Å². The van der Waals surface area contributed by atoms with Crippen LogP contribution in [0.3, 0.4) is 0 Å². The second-order valence-electron chi connectivity index (χ2n) is 4.89. The van der Waals surface area contributed by atoms with Crippen LogP contribution in [0.5, 0.6) is 0 Å². The van der Waals surface area contributed by atoms with Gasteiger partial charge in [0, 0.05) is 12.6 Å². The number of benzene rings is 1. The van der Waals surface area contributed by atoms with E-state index in [9.17, 15) is 27.2 Å². The summed E-state index contributed by atoms with van der Waals surface area (Å²) in [6.45, 7) is 4.52. The third kappa shape index (κ3) is 3.96. The monoisotopic (exact) mass is 320 g/mol. The molecule has 0 unspecified atom stereocenters. The topological polar surface area (TPSA) is 49.4 Å². The van der Waals surface area contributed by atoms with Crippen molar-refractivity contribution in [2.75, 3.05) is 13.1 Å². The van der Waals surface area contributed by atoms with Crippen LogP contribution >= 0.6 is 0 Å². The Balaban J connectivity index is 3.05. The zero-order valence-corrected chi connectivity index (χ0v) is 12.3. The summed E-state index contributed by atoms with van der Waals surface area (Å²) in [5, 5.41) is 2.53. The van der Waals surface area contributed by atoms with Crippen LogP contribution in [0.1, 0.15) is 31.1 Å². The Bertz CT molecular complexity index is 591. The van der Waals surface area contributed by atoms with Gasteiger partial charge < -0.3 is 10.2 Å². The lowest BCUT2D eigenvalue weighted by Gasteiger charge is -2.21. The highest BCUT2D eigenvalue weighted by atomic mass is 19.2. The molecule has 1 N–H and O–H groups in total. The molecule has 0 aliphatic rings. The van der Waals surface area contributed by atoms with Gasteiger partial charge in [-0.05, 0) is 26.8 Å². The summed E-state index contributed by atoms with van der Waals surface area (Å²) in [6.07, 6.45) is 0. The van der Waals surface area contributed by atoms with Gasteiger partial charge in [-0.25, -0.2) is 17.6 Å². The molecule has 0 saturated heterocycles. The Morgan fingerprint density at radius 2 is 1.73 bits per heavy atom. The Morgan fingerprint density at radius 3 is 2.23 bits per heavy atom. The first-order chi connectivity index (χ1) is 10.2. The highest BCUT2D eigenvalue weighted by molar-refractivity contribution is 5.96. The largest absolute Gasteiger partial charge is 0.352 e. The van der Waals surface area contributed by atoms with Gasteiger partial charge in [0.15, 0.2) is 23.3 Å². The summed E-state index contributed by atoms with van der Waals surface area (Å²) >= 11 is 0. The minimum Gasteiger partial charge on any atom is -0.352 e. The number of carbonyl (C=O) groups excluding carboxylic acids is 2. The lowest BCUT2D eigenvalue weighted by molar-refractivity contribution is -0.122. The van der Waals surface area contributed by atoms with Gasteiger partial charge in [-0.15, -0.1) is 0 Å². The minimum absolute atomic E-state index is 0.00437. The smallest absolute Gasteiger partial charge is 0.257 e. The van der Waals surface area contributed by atoms with E-state index in [0.29, 0.717) is 0 Å². The maximum absolute atomic E-state index is 13.6. The van der Waals surface area contributed by atoms with Crippen molar-refractivity contribution in [2.45, 2.75) is 26.8 Å². The fraction of sp³-hybridized carbons (Fsp3) is 0.429. The molecule has 4 nitrogen and oxygen atoms in total. The number of halogens is 4. The Morgan fingerprint density at radius 1 is 1.14 bits per heavy atom. The number of hydrogen-bond donors (Lipinski definition) is 1. The van der Waals surface area contributed by atoms with Gasteiger partial charge in [0.05, 0.1) is 12.1 Å². The van der Waals surface area contributed by atoms with E-state index in [4.69, 9.17) is 0 Å². The van der Waals surface area contributed by atoms with Crippen LogP contribution in [0.4, 0.5) is 17.6 Å². The molecule has 1 aromatic rings. The van der Waals surface area contributed by atoms with Gasteiger partial charge >= 0.3 is 0 Å². The maximum Gasteiger partial charge on any atom is 0.257 e. The van der Waals surface area contributed by atoms with Gasteiger partial charge in [-0.3, -0.25) is 9.59 Å².